The summed E-state index contributed by atoms with van der Waals surface area (Å²) in [6.07, 6.45) is 1.61. The molecule has 0 bridgehead atoms. The van der Waals surface area contributed by atoms with Gasteiger partial charge in [0.25, 0.3) is 5.91 Å². The zero-order valence-corrected chi connectivity index (χ0v) is 24.0. The maximum Gasteiger partial charge on any atom is 0.251 e. The predicted molar refractivity (Wildman–Crippen MR) is 156 cm³/mol. The predicted octanol–water partition coefficient (Wildman–Crippen LogP) is 3.33. The topological polar surface area (TPSA) is 130 Å². The summed E-state index contributed by atoms with van der Waals surface area (Å²) in [5, 5.41) is 15.5. The summed E-state index contributed by atoms with van der Waals surface area (Å²) in [5.74, 6) is 0.511. The second-order valence-electron chi connectivity index (χ2n) is 10.3. The molecule has 44 heavy (non-hydrogen) atoms. The maximum absolute atomic E-state index is 14.2. The third-order valence-corrected chi connectivity index (χ3v) is 7.37. The van der Waals surface area contributed by atoms with Crippen LogP contribution < -0.4 is 24.4 Å². The lowest BCUT2D eigenvalue weighted by Crippen LogP contribution is -2.46. The number of anilines is 1. The number of benzene rings is 3. The summed E-state index contributed by atoms with van der Waals surface area (Å²) < 4.78 is 36.3. The number of methoxy groups -OCH3 is 1. The van der Waals surface area contributed by atoms with Crippen molar-refractivity contribution in [2.75, 3.05) is 38.4 Å². The van der Waals surface area contributed by atoms with Gasteiger partial charge in [0.05, 0.1) is 13.2 Å². The van der Waals surface area contributed by atoms with E-state index in [2.05, 4.69) is 20.7 Å². The van der Waals surface area contributed by atoms with Gasteiger partial charge in [-0.25, -0.2) is 4.39 Å². The Hall–Kier alpha value is -5.04. The lowest BCUT2D eigenvalue weighted by molar-refractivity contribution is -0.127. The molecule has 4 aromatic rings. The van der Waals surface area contributed by atoms with E-state index < -0.39 is 23.7 Å². The van der Waals surface area contributed by atoms with Crippen molar-refractivity contribution in [3.05, 3.63) is 78.1 Å². The third kappa shape index (κ3) is 6.47. The van der Waals surface area contributed by atoms with E-state index in [-0.39, 0.29) is 19.2 Å². The molecule has 12 nitrogen and oxygen atoms in total. The summed E-state index contributed by atoms with van der Waals surface area (Å²) in [6.45, 7) is 1.30. The van der Waals surface area contributed by atoms with Crippen LogP contribution >= 0.6 is 0 Å². The van der Waals surface area contributed by atoms with Gasteiger partial charge in [0.15, 0.2) is 11.5 Å². The molecule has 0 unspecified atom stereocenters. The number of carbonyl (C=O) groups is 2. The number of hydrogen-bond acceptors (Lipinski definition) is 9. The van der Waals surface area contributed by atoms with Gasteiger partial charge in [0.1, 0.15) is 37.4 Å². The second-order valence-corrected chi connectivity index (χ2v) is 10.3. The van der Waals surface area contributed by atoms with Crippen LogP contribution in [0, 0.1) is 5.82 Å². The average molecular weight is 603 g/mol. The molecule has 3 heterocycles. The molecule has 6 rings (SSSR count). The fourth-order valence-electron chi connectivity index (χ4n) is 5.16. The summed E-state index contributed by atoms with van der Waals surface area (Å²) in [6, 6.07) is 16.4. The molecule has 0 aliphatic carbocycles. The van der Waals surface area contributed by atoms with E-state index in [4.69, 9.17) is 18.9 Å². The first-order valence-corrected chi connectivity index (χ1v) is 14.3. The minimum absolute atomic E-state index is 0.123. The Morgan fingerprint density at radius 3 is 2.55 bits per heavy atom. The maximum atomic E-state index is 14.2. The number of tetrazole rings is 1. The average Bonchev–Trinajstić information content (AvgIpc) is 3.75. The molecule has 2 aliphatic rings. The molecule has 1 fully saturated rings. The minimum atomic E-state index is -1.17. The molecular weight excluding hydrogens is 571 g/mol. The highest BCUT2D eigenvalue weighted by Gasteiger charge is 2.35. The van der Waals surface area contributed by atoms with Crippen LogP contribution in [0.4, 0.5) is 10.1 Å². The Balaban J connectivity index is 1.34. The number of aromatic nitrogens is 4. The van der Waals surface area contributed by atoms with E-state index in [9.17, 15) is 14.0 Å². The molecular formula is C31H31FN6O6. The Morgan fingerprint density at radius 1 is 1.05 bits per heavy atom. The SMILES string of the molecule is COc1ccc(-c2nnn(CC(=O)N(c3ccc4c(c3)OCCO4)[C@H](C(=O)NC[C@H]3CCCO3)c3ccc(F)cc3)n2)cc1. The molecule has 0 spiro atoms. The molecule has 2 amide bonds. The highest BCUT2D eigenvalue weighted by atomic mass is 19.1. The molecule has 1 saturated heterocycles. The Morgan fingerprint density at radius 2 is 1.82 bits per heavy atom. The fraction of sp³-hybridized carbons (Fsp3) is 0.323. The van der Waals surface area contributed by atoms with Crippen LogP contribution in [0.25, 0.3) is 11.4 Å². The Bertz CT molecular complexity index is 1610. The number of ether oxygens (including phenoxy) is 4. The molecule has 2 aliphatic heterocycles. The van der Waals surface area contributed by atoms with Gasteiger partial charge in [-0.2, -0.15) is 4.80 Å². The van der Waals surface area contributed by atoms with Crippen molar-refractivity contribution in [2.45, 2.75) is 31.5 Å². The van der Waals surface area contributed by atoms with Crippen LogP contribution in [-0.4, -0.2) is 71.6 Å². The van der Waals surface area contributed by atoms with Crippen LogP contribution in [0.15, 0.2) is 66.7 Å². The number of halogens is 1. The molecule has 2 atom stereocenters. The molecule has 0 radical (unpaired) electrons. The van der Waals surface area contributed by atoms with Crippen LogP contribution in [-0.2, 0) is 20.9 Å². The highest BCUT2D eigenvalue weighted by Crippen LogP contribution is 2.37. The smallest absolute Gasteiger partial charge is 0.251 e. The quantitative estimate of drug-likeness (QED) is 0.291. The van der Waals surface area contributed by atoms with Crippen molar-refractivity contribution < 1.29 is 32.9 Å². The number of nitrogens with zero attached hydrogens (tertiary/aromatic N) is 5. The molecule has 1 N–H and O–H groups in total. The second kappa shape index (κ2) is 13.1. The van der Waals surface area contributed by atoms with Gasteiger partial charge in [-0.1, -0.05) is 12.1 Å². The molecule has 0 saturated carbocycles. The van der Waals surface area contributed by atoms with Gasteiger partial charge in [-0.15, -0.1) is 10.2 Å². The normalized spacial score (nSPS) is 16.3. The lowest BCUT2D eigenvalue weighted by atomic mass is 10.0. The van der Waals surface area contributed by atoms with Gasteiger partial charge in [0, 0.05) is 30.5 Å². The molecule has 13 heteroatoms. The number of hydrogen-bond donors (Lipinski definition) is 1. The highest BCUT2D eigenvalue weighted by molar-refractivity contribution is 6.01. The minimum Gasteiger partial charge on any atom is -0.497 e. The van der Waals surface area contributed by atoms with E-state index >= 15 is 0 Å². The van der Waals surface area contributed by atoms with E-state index in [0.29, 0.717) is 59.7 Å². The van der Waals surface area contributed by atoms with E-state index in [1.54, 1.807) is 49.6 Å². The monoisotopic (exact) mass is 602 g/mol. The van der Waals surface area contributed by atoms with E-state index in [0.717, 1.165) is 12.8 Å². The van der Waals surface area contributed by atoms with Crippen molar-refractivity contribution in [1.82, 2.24) is 25.5 Å². The third-order valence-electron chi connectivity index (χ3n) is 7.37. The van der Waals surface area contributed by atoms with Crippen molar-refractivity contribution in [3.8, 4) is 28.6 Å². The molecule has 3 aromatic carbocycles. The zero-order chi connectivity index (χ0) is 30.5. The van der Waals surface area contributed by atoms with E-state index in [1.165, 1.54) is 34.0 Å². The van der Waals surface area contributed by atoms with Gasteiger partial charge in [0.2, 0.25) is 11.7 Å². The number of carbonyl (C=O) groups excluding carboxylic acids is 2. The first-order valence-electron chi connectivity index (χ1n) is 14.3. The number of nitrogens with one attached hydrogen (secondary N) is 1. The zero-order valence-electron chi connectivity index (χ0n) is 24.0. The van der Waals surface area contributed by atoms with Gasteiger partial charge < -0.3 is 24.3 Å². The van der Waals surface area contributed by atoms with Crippen LogP contribution in [0.5, 0.6) is 17.2 Å². The standard InChI is InChI=1S/C31H31FN6O6/c1-41-24-11-6-21(7-12-24)30-34-36-37(35-30)19-28(39)38(23-10-13-26-27(17-23)44-16-15-43-26)29(20-4-8-22(32)9-5-20)31(40)33-18-25-3-2-14-42-25/h4-13,17,25,29H,2-3,14-16,18-19H2,1H3,(H,33,40)/t25-,29+/m1/s1. The Labute approximate surface area is 252 Å². The van der Waals surface area contributed by atoms with Gasteiger partial charge in [-0.3, -0.25) is 14.5 Å². The number of amides is 2. The summed E-state index contributed by atoms with van der Waals surface area (Å²) in [4.78, 5) is 30.6. The summed E-state index contributed by atoms with van der Waals surface area (Å²) in [5.41, 5.74) is 1.46. The lowest BCUT2D eigenvalue weighted by Gasteiger charge is -2.32. The largest absolute Gasteiger partial charge is 0.497 e. The number of rotatable bonds is 10. The first-order chi connectivity index (χ1) is 21.5. The summed E-state index contributed by atoms with van der Waals surface area (Å²) in [7, 11) is 1.57. The Kier molecular flexibility index (Phi) is 8.64. The fourth-order valence-corrected chi connectivity index (χ4v) is 5.16. The molecule has 1 aromatic heterocycles. The van der Waals surface area contributed by atoms with Gasteiger partial charge in [-0.05, 0) is 72.1 Å². The van der Waals surface area contributed by atoms with Crippen LogP contribution in [0.2, 0.25) is 0 Å². The summed E-state index contributed by atoms with van der Waals surface area (Å²) >= 11 is 0. The van der Waals surface area contributed by atoms with Crippen molar-refractivity contribution >= 4 is 17.5 Å². The van der Waals surface area contributed by atoms with Crippen molar-refractivity contribution in [3.63, 3.8) is 0 Å². The van der Waals surface area contributed by atoms with Crippen LogP contribution in [0.1, 0.15) is 24.4 Å². The first kappa shape index (κ1) is 29.1. The van der Waals surface area contributed by atoms with Crippen molar-refractivity contribution in [1.29, 1.82) is 0 Å². The molecule has 228 valence electrons. The van der Waals surface area contributed by atoms with E-state index in [1.807, 2.05) is 0 Å². The number of fused-ring (bicyclic) bond motifs is 1. The van der Waals surface area contributed by atoms with Gasteiger partial charge >= 0.3 is 0 Å². The van der Waals surface area contributed by atoms with Crippen LogP contribution in [0.3, 0.4) is 0 Å². The van der Waals surface area contributed by atoms with Crippen molar-refractivity contribution in [2.24, 2.45) is 0 Å².